The third kappa shape index (κ3) is 3.81. The van der Waals surface area contributed by atoms with E-state index in [4.69, 9.17) is 17.3 Å². The number of nitro benzene ring substituents is 1. The highest BCUT2D eigenvalue weighted by Crippen LogP contribution is 2.40. The molecule has 2 amide bonds. The van der Waals surface area contributed by atoms with Gasteiger partial charge in [0, 0.05) is 17.0 Å². The molecule has 1 aromatic carbocycles. The molecule has 27 heavy (non-hydrogen) atoms. The van der Waals surface area contributed by atoms with Crippen LogP contribution in [0.2, 0.25) is 5.02 Å². The quantitative estimate of drug-likeness (QED) is 0.571. The lowest BCUT2D eigenvalue weighted by Gasteiger charge is -2.20. The van der Waals surface area contributed by atoms with Crippen molar-refractivity contribution < 1.29 is 14.5 Å². The second-order valence-electron chi connectivity index (χ2n) is 6.46. The molecule has 1 unspecified atom stereocenters. The van der Waals surface area contributed by atoms with Crippen molar-refractivity contribution in [3.63, 3.8) is 0 Å². The number of nitrogens with zero attached hydrogens (tertiary/aromatic N) is 1. The Morgan fingerprint density at radius 1 is 1.44 bits per heavy atom. The molecule has 2 aromatic rings. The van der Waals surface area contributed by atoms with Crippen molar-refractivity contribution >= 4 is 45.4 Å². The third-order valence-electron chi connectivity index (χ3n) is 4.82. The van der Waals surface area contributed by atoms with Gasteiger partial charge < -0.3 is 11.1 Å². The first-order valence-corrected chi connectivity index (χ1v) is 9.70. The second kappa shape index (κ2) is 7.66. The Labute approximate surface area is 164 Å². The van der Waals surface area contributed by atoms with Crippen LogP contribution in [-0.2, 0) is 12.8 Å². The smallest absolute Gasteiger partial charge is 0.270 e. The van der Waals surface area contributed by atoms with Gasteiger partial charge in [0.25, 0.3) is 17.5 Å². The fourth-order valence-electron chi connectivity index (χ4n) is 3.32. The molecule has 3 rings (SSSR count). The first kappa shape index (κ1) is 19.3. The number of carbonyl (C=O) groups is 2. The fourth-order valence-corrected chi connectivity index (χ4v) is 4.89. The number of halogens is 1. The van der Waals surface area contributed by atoms with Crippen LogP contribution in [0.5, 0.6) is 0 Å². The average Bonchev–Trinajstić information content (AvgIpc) is 2.98. The first-order valence-electron chi connectivity index (χ1n) is 8.51. The normalized spacial score (nSPS) is 15.9. The Balaban J connectivity index is 1.95. The summed E-state index contributed by atoms with van der Waals surface area (Å²) in [7, 11) is 0. The Hall–Kier alpha value is -2.45. The zero-order valence-electron chi connectivity index (χ0n) is 14.6. The number of fused-ring (bicyclic) bond motifs is 1. The molecular formula is C18H18ClN3O4S. The van der Waals surface area contributed by atoms with Crippen LogP contribution in [0.3, 0.4) is 0 Å². The molecule has 1 aromatic heterocycles. The molecule has 1 atom stereocenters. The third-order valence-corrected chi connectivity index (χ3v) is 6.32. The number of hydrogen-bond donors (Lipinski definition) is 2. The molecule has 1 aliphatic rings. The number of amides is 2. The lowest BCUT2D eigenvalue weighted by Crippen LogP contribution is -2.20. The first-order chi connectivity index (χ1) is 12.8. The van der Waals surface area contributed by atoms with Gasteiger partial charge in [-0.3, -0.25) is 19.7 Å². The summed E-state index contributed by atoms with van der Waals surface area (Å²) in [6.07, 6.45) is 3.62. The van der Waals surface area contributed by atoms with Crippen LogP contribution < -0.4 is 11.1 Å². The van der Waals surface area contributed by atoms with Gasteiger partial charge in [0.1, 0.15) is 5.00 Å². The molecule has 0 saturated carbocycles. The minimum absolute atomic E-state index is 0.0286. The minimum Gasteiger partial charge on any atom is -0.365 e. The summed E-state index contributed by atoms with van der Waals surface area (Å²) in [6.45, 7) is 2.13. The number of hydrogen-bond acceptors (Lipinski definition) is 5. The summed E-state index contributed by atoms with van der Waals surface area (Å²) < 4.78 is 0. The van der Waals surface area contributed by atoms with Crippen molar-refractivity contribution in [3.8, 4) is 0 Å². The molecular weight excluding hydrogens is 390 g/mol. The zero-order valence-corrected chi connectivity index (χ0v) is 16.2. The number of nitrogens with two attached hydrogens (primary N) is 1. The number of carbonyl (C=O) groups excluding carboxylic acids is 2. The van der Waals surface area contributed by atoms with Crippen LogP contribution in [-0.4, -0.2) is 16.7 Å². The van der Waals surface area contributed by atoms with Crippen LogP contribution in [0.1, 0.15) is 50.9 Å². The fraction of sp³-hybridized carbons (Fsp3) is 0.333. The summed E-state index contributed by atoms with van der Waals surface area (Å²) in [4.78, 5) is 36.1. The van der Waals surface area contributed by atoms with Crippen molar-refractivity contribution in [1.82, 2.24) is 0 Å². The molecule has 142 valence electrons. The maximum absolute atomic E-state index is 12.7. The number of primary amides is 1. The maximum Gasteiger partial charge on any atom is 0.270 e. The van der Waals surface area contributed by atoms with Crippen molar-refractivity contribution in [2.45, 2.75) is 32.6 Å². The SMILES string of the molecule is CCC1CCc2c(sc(NC(=O)c3cc([N+](=O)[O-])ccc3Cl)c2C(N)=O)C1. The van der Waals surface area contributed by atoms with Crippen LogP contribution in [0.15, 0.2) is 18.2 Å². The summed E-state index contributed by atoms with van der Waals surface area (Å²) in [5.41, 5.74) is 6.52. The Morgan fingerprint density at radius 3 is 2.81 bits per heavy atom. The monoisotopic (exact) mass is 407 g/mol. The number of non-ortho nitro benzene ring substituents is 1. The predicted octanol–water partition coefficient (Wildman–Crippen LogP) is 4.18. The van der Waals surface area contributed by atoms with Crippen LogP contribution >= 0.6 is 22.9 Å². The van der Waals surface area contributed by atoms with Gasteiger partial charge in [0.15, 0.2) is 0 Å². The largest absolute Gasteiger partial charge is 0.365 e. The number of anilines is 1. The molecule has 0 aliphatic heterocycles. The maximum atomic E-state index is 12.7. The van der Waals surface area contributed by atoms with E-state index in [0.717, 1.165) is 42.2 Å². The lowest BCUT2D eigenvalue weighted by molar-refractivity contribution is -0.384. The zero-order chi connectivity index (χ0) is 19.7. The second-order valence-corrected chi connectivity index (χ2v) is 7.98. The predicted molar refractivity (Wildman–Crippen MR) is 105 cm³/mol. The molecule has 0 radical (unpaired) electrons. The molecule has 1 heterocycles. The van der Waals surface area contributed by atoms with Gasteiger partial charge in [-0.05, 0) is 36.8 Å². The summed E-state index contributed by atoms with van der Waals surface area (Å²) in [5, 5.41) is 14.1. The van der Waals surface area contributed by atoms with E-state index in [2.05, 4.69) is 12.2 Å². The van der Waals surface area contributed by atoms with Crippen molar-refractivity contribution in [3.05, 3.63) is 54.9 Å². The van der Waals surface area contributed by atoms with Crippen LogP contribution in [0.25, 0.3) is 0 Å². The molecule has 3 N–H and O–H groups in total. The standard InChI is InChI=1S/C18H18ClN3O4S/c1-2-9-3-5-11-14(7-9)27-18(15(11)16(20)23)21-17(24)12-8-10(22(25)26)4-6-13(12)19/h4,6,8-9H,2-3,5,7H2,1H3,(H2,20,23)(H,21,24). The highest BCUT2D eigenvalue weighted by molar-refractivity contribution is 7.17. The van der Waals surface area contributed by atoms with Crippen molar-refractivity contribution in [2.24, 2.45) is 11.7 Å². The Morgan fingerprint density at radius 2 is 2.19 bits per heavy atom. The van der Waals surface area contributed by atoms with E-state index in [1.54, 1.807) is 0 Å². The Kier molecular flexibility index (Phi) is 5.48. The molecule has 0 saturated heterocycles. The summed E-state index contributed by atoms with van der Waals surface area (Å²) in [5.74, 6) is -0.661. The van der Waals surface area contributed by atoms with E-state index < -0.39 is 16.7 Å². The van der Waals surface area contributed by atoms with E-state index in [-0.39, 0.29) is 16.3 Å². The number of nitrogens with one attached hydrogen (secondary N) is 1. The molecule has 7 nitrogen and oxygen atoms in total. The van der Waals surface area contributed by atoms with E-state index in [1.165, 1.54) is 23.5 Å². The van der Waals surface area contributed by atoms with Gasteiger partial charge in [-0.2, -0.15) is 0 Å². The van der Waals surface area contributed by atoms with Gasteiger partial charge >= 0.3 is 0 Å². The number of thiophene rings is 1. The highest BCUT2D eigenvalue weighted by Gasteiger charge is 2.28. The molecule has 1 aliphatic carbocycles. The molecule has 0 fully saturated rings. The number of benzene rings is 1. The van der Waals surface area contributed by atoms with Gasteiger partial charge in [0.05, 0.1) is 21.1 Å². The number of nitro groups is 1. The van der Waals surface area contributed by atoms with E-state index in [1.807, 2.05) is 0 Å². The van der Waals surface area contributed by atoms with Gasteiger partial charge in [0.2, 0.25) is 0 Å². The van der Waals surface area contributed by atoms with Gasteiger partial charge in [-0.1, -0.05) is 24.9 Å². The molecule has 9 heteroatoms. The van der Waals surface area contributed by atoms with Crippen LogP contribution in [0.4, 0.5) is 10.7 Å². The molecule has 0 spiro atoms. The molecule has 0 bridgehead atoms. The van der Waals surface area contributed by atoms with Gasteiger partial charge in [-0.15, -0.1) is 11.3 Å². The topological polar surface area (TPSA) is 115 Å². The highest BCUT2D eigenvalue weighted by atomic mass is 35.5. The minimum atomic E-state index is -0.614. The number of rotatable bonds is 5. The Bertz CT molecular complexity index is 941. The summed E-state index contributed by atoms with van der Waals surface area (Å²) in [6, 6.07) is 3.64. The average molecular weight is 408 g/mol. The van der Waals surface area contributed by atoms with Crippen LogP contribution in [0, 0.1) is 16.0 Å². The summed E-state index contributed by atoms with van der Waals surface area (Å²) >= 11 is 7.37. The van der Waals surface area contributed by atoms with Gasteiger partial charge in [-0.25, -0.2) is 0 Å². The van der Waals surface area contributed by atoms with E-state index >= 15 is 0 Å². The van der Waals surface area contributed by atoms with Crippen molar-refractivity contribution in [1.29, 1.82) is 0 Å². The van der Waals surface area contributed by atoms with E-state index in [9.17, 15) is 19.7 Å². The lowest BCUT2D eigenvalue weighted by atomic mass is 9.85. The van der Waals surface area contributed by atoms with E-state index in [0.29, 0.717) is 16.5 Å². The van der Waals surface area contributed by atoms with Crippen molar-refractivity contribution in [2.75, 3.05) is 5.32 Å².